The molecule has 0 radical (unpaired) electrons. The van der Waals surface area contributed by atoms with Crippen molar-refractivity contribution in [3.05, 3.63) is 29.3 Å². The van der Waals surface area contributed by atoms with E-state index >= 15 is 0 Å². The fourth-order valence-electron chi connectivity index (χ4n) is 2.41. The van der Waals surface area contributed by atoms with E-state index in [1.807, 2.05) is 0 Å². The number of anilines is 1. The average Bonchev–Trinajstić information content (AvgIpc) is 2.93. The number of amides is 2. The predicted molar refractivity (Wildman–Crippen MR) is 63.5 cm³/mol. The first-order valence-electron chi connectivity index (χ1n) is 5.84. The van der Waals surface area contributed by atoms with Crippen molar-refractivity contribution >= 4 is 17.5 Å². The Labute approximate surface area is 99.4 Å². The maximum Gasteiger partial charge on any atom is 0.263 e. The lowest BCUT2D eigenvalue weighted by Gasteiger charge is -2.13. The molecule has 0 saturated heterocycles. The molecule has 1 fully saturated rings. The van der Waals surface area contributed by atoms with Crippen molar-refractivity contribution in [2.75, 3.05) is 12.3 Å². The highest BCUT2D eigenvalue weighted by molar-refractivity contribution is 6.23. The van der Waals surface area contributed by atoms with Gasteiger partial charge in [-0.2, -0.15) is 0 Å². The summed E-state index contributed by atoms with van der Waals surface area (Å²) in [5.41, 5.74) is 6.98. The lowest BCUT2D eigenvalue weighted by Crippen LogP contribution is -2.32. The Morgan fingerprint density at radius 1 is 1.35 bits per heavy atom. The van der Waals surface area contributed by atoms with Crippen LogP contribution >= 0.6 is 0 Å². The van der Waals surface area contributed by atoms with Gasteiger partial charge in [0.15, 0.2) is 0 Å². The van der Waals surface area contributed by atoms with Crippen LogP contribution < -0.4 is 5.73 Å². The summed E-state index contributed by atoms with van der Waals surface area (Å²) in [5, 5.41) is 0. The largest absolute Gasteiger partial charge is 0.398 e. The van der Waals surface area contributed by atoms with Crippen molar-refractivity contribution < 1.29 is 9.59 Å². The fraction of sp³-hybridized carbons (Fsp3) is 0.385. The lowest BCUT2D eigenvalue weighted by molar-refractivity contribution is 0.0645. The number of nitrogens with two attached hydrogens (primary N) is 1. The fourth-order valence-corrected chi connectivity index (χ4v) is 2.41. The number of nitrogens with zero attached hydrogens (tertiary/aromatic N) is 1. The molecule has 1 aromatic rings. The van der Waals surface area contributed by atoms with Gasteiger partial charge in [0.05, 0.1) is 11.1 Å². The highest BCUT2D eigenvalue weighted by Gasteiger charge is 2.42. The second-order valence-electron chi connectivity index (χ2n) is 4.96. The number of imide groups is 1. The number of carbonyl (C=O) groups excluding carboxylic acids is 2. The Morgan fingerprint density at radius 3 is 2.65 bits per heavy atom. The SMILES string of the molecule is CC1CC1CN1C(=O)c2cccc(N)c2C1=O. The second kappa shape index (κ2) is 3.32. The van der Waals surface area contributed by atoms with Crippen molar-refractivity contribution in [3.8, 4) is 0 Å². The summed E-state index contributed by atoms with van der Waals surface area (Å²) in [6.45, 7) is 2.67. The van der Waals surface area contributed by atoms with Crippen LogP contribution in [0.4, 0.5) is 5.69 Å². The first-order chi connectivity index (χ1) is 8.09. The molecule has 1 heterocycles. The summed E-state index contributed by atoms with van der Waals surface area (Å²) in [5.74, 6) is 0.661. The van der Waals surface area contributed by atoms with Gasteiger partial charge < -0.3 is 5.73 Å². The maximum absolute atomic E-state index is 12.1. The van der Waals surface area contributed by atoms with E-state index in [1.54, 1.807) is 18.2 Å². The minimum absolute atomic E-state index is 0.198. The van der Waals surface area contributed by atoms with Crippen LogP contribution in [0.3, 0.4) is 0 Å². The Bertz CT molecular complexity index is 524. The monoisotopic (exact) mass is 230 g/mol. The van der Waals surface area contributed by atoms with Crippen LogP contribution in [0.1, 0.15) is 34.1 Å². The summed E-state index contributed by atoms with van der Waals surface area (Å²) < 4.78 is 0. The summed E-state index contributed by atoms with van der Waals surface area (Å²) in [6.07, 6.45) is 1.10. The molecule has 1 saturated carbocycles. The summed E-state index contributed by atoms with van der Waals surface area (Å²) in [6, 6.07) is 5.04. The van der Waals surface area contributed by atoms with Crippen molar-refractivity contribution in [3.63, 3.8) is 0 Å². The zero-order valence-corrected chi connectivity index (χ0v) is 9.64. The number of fused-ring (bicyclic) bond motifs is 1. The smallest absolute Gasteiger partial charge is 0.263 e. The van der Waals surface area contributed by atoms with Gasteiger partial charge in [0.1, 0.15) is 0 Å². The van der Waals surface area contributed by atoms with Gasteiger partial charge in [0, 0.05) is 12.2 Å². The van der Waals surface area contributed by atoms with Crippen molar-refractivity contribution in [2.45, 2.75) is 13.3 Å². The number of carbonyl (C=O) groups is 2. The number of benzene rings is 1. The van der Waals surface area contributed by atoms with Gasteiger partial charge in [-0.3, -0.25) is 14.5 Å². The van der Waals surface area contributed by atoms with Gasteiger partial charge in [0.25, 0.3) is 11.8 Å². The molecule has 2 unspecified atom stereocenters. The van der Waals surface area contributed by atoms with Crippen LogP contribution in [0.25, 0.3) is 0 Å². The van der Waals surface area contributed by atoms with Crippen LogP contribution in [0.2, 0.25) is 0 Å². The molecule has 1 aromatic carbocycles. The standard InChI is InChI=1S/C13H14N2O2/c1-7-5-8(7)6-15-12(16)9-3-2-4-10(14)11(9)13(15)17/h2-4,7-8H,5-6,14H2,1H3. The third-order valence-corrected chi connectivity index (χ3v) is 3.72. The van der Waals surface area contributed by atoms with Gasteiger partial charge in [-0.05, 0) is 30.4 Å². The van der Waals surface area contributed by atoms with Crippen LogP contribution in [-0.2, 0) is 0 Å². The molecule has 1 aliphatic heterocycles. The zero-order chi connectivity index (χ0) is 12.2. The summed E-state index contributed by atoms with van der Waals surface area (Å²) >= 11 is 0. The van der Waals surface area contributed by atoms with Gasteiger partial charge >= 0.3 is 0 Å². The van der Waals surface area contributed by atoms with E-state index in [-0.39, 0.29) is 11.8 Å². The van der Waals surface area contributed by atoms with Crippen LogP contribution in [-0.4, -0.2) is 23.3 Å². The van der Waals surface area contributed by atoms with Crippen molar-refractivity contribution in [2.24, 2.45) is 11.8 Å². The minimum atomic E-state index is -0.234. The van der Waals surface area contributed by atoms with Crippen molar-refractivity contribution in [1.29, 1.82) is 0 Å². The Balaban J connectivity index is 1.94. The Kier molecular flexibility index (Phi) is 2.02. The first kappa shape index (κ1) is 10.3. The number of hydrogen-bond acceptors (Lipinski definition) is 3. The van der Waals surface area contributed by atoms with Gasteiger partial charge in [-0.1, -0.05) is 13.0 Å². The Hall–Kier alpha value is -1.84. The van der Waals surface area contributed by atoms with Gasteiger partial charge in [-0.15, -0.1) is 0 Å². The quantitative estimate of drug-likeness (QED) is 0.619. The molecule has 2 atom stereocenters. The van der Waals surface area contributed by atoms with Crippen molar-refractivity contribution in [1.82, 2.24) is 4.90 Å². The minimum Gasteiger partial charge on any atom is -0.398 e. The topological polar surface area (TPSA) is 63.4 Å². The molecular weight excluding hydrogens is 216 g/mol. The van der Waals surface area contributed by atoms with E-state index < -0.39 is 0 Å². The molecule has 0 aromatic heterocycles. The van der Waals surface area contributed by atoms with Gasteiger partial charge in [0.2, 0.25) is 0 Å². The van der Waals surface area contributed by atoms with E-state index in [0.29, 0.717) is 35.2 Å². The molecule has 88 valence electrons. The predicted octanol–water partition coefficient (Wildman–Crippen LogP) is 1.52. The van der Waals surface area contributed by atoms with Crippen LogP contribution in [0, 0.1) is 11.8 Å². The molecule has 4 nitrogen and oxygen atoms in total. The molecule has 2 aliphatic rings. The molecule has 2 N–H and O–H groups in total. The third kappa shape index (κ3) is 1.44. The summed E-state index contributed by atoms with van der Waals surface area (Å²) in [4.78, 5) is 25.5. The molecule has 17 heavy (non-hydrogen) atoms. The second-order valence-corrected chi connectivity index (χ2v) is 4.96. The maximum atomic E-state index is 12.1. The molecule has 0 spiro atoms. The zero-order valence-electron chi connectivity index (χ0n) is 9.64. The molecule has 0 bridgehead atoms. The van der Waals surface area contributed by atoms with Gasteiger partial charge in [-0.25, -0.2) is 0 Å². The number of rotatable bonds is 2. The Morgan fingerprint density at radius 2 is 2.06 bits per heavy atom. The number of hydrogen-bond donors (Lipinski definition) is 1. The molecule has 4 heteroatoms. The van der Waals surface area contributed by atoms with E-state index in [1.165, 1.54) is 4.90 Å². The normalized spacial score (nSPS) is 26.3. The van der Waals surface area contributed by atoms with E-state index in [4.69, 9.17) is 5.73 Å². The summed E-state index contributed by atoms with van der Waals surface area (Å²) in [7, 11) is 0. The van der Waals surface area contributed by atoms with Crippen LogP contribution in [0.5, 0.6) is 0 Å². The first-order valence-corrected chi connectivity index (χ1v) is 5.84. The molecule has 1 aliphatic carbocycles. The lowest BCUT2D eigenvalue weighted by atomic mass is 10.1. The average molecular weight is 230 g/mol. The highest BCUT2D eigenvalue weighted by Crippen LogP contribution is 2.40. The van der Waals surface area contributed by atoms with E-state index in [9.17, 15) is 9.59 Å². The van der Waals surface area contributed by atoms with E-state index in [2.05, 4.69) is 6.92 Å². The van der Waals surface area contributed by atoms with Crippen LogP contribution in [0.15, 0.2) is 18.2 Å². The molecular formula is C13H14N2O2. The highest BCUT2D eigenvalue weighted by atomic mass is 16.2. The third-order valence-electron chi connectivity index (χ3n) is 3.72. The van der Waals surface area contributed by atoms with E-state index in [0.717, 1.165) is 6.42 Å². The molecule has 2 amide bonds. The number of nitrogen functional groups attached to an aromatic ring is 1. The molecule has 3 rings (SSSR count).